The standard InChI is InChI=1S/C23H24F3N3O2/c1-13-4-6-15(7-5-13)14(2)10-17(30)12-31-19-11-18(23(24,25)26)20-21(16-8-9-16)28-29(3)22(20)27-19/h4-7,11,14,16H,8-10,12H2,1-3H3/t14-/m1/s1. The Bertz CT molecular complexity index is 1120. The molecule has 1 aromatic carbocycles. The number of halogens is 3. The van der Waals surface area contributed by atoms with Gasteiger partial charge in [0.15, 0.2) is 11.4 Å². The van der Waals surface area contributed by atoms with Crippen molar-refractivity contribution in [3.8, 4) is 5.88 Å². The number of pyridine rings is 1. The van der Waals surface area contributed by atoms with E-state index in [1.165, 1.54) is 4.68 Å². The van der Waals surface area contributed by atoms with Gasteiger partial charge in [-0.25, -0.2) is 0 Å². The first-order chi connectivity index (χ1) is 14.6. The Kier molecular flexibility index (Phi) is 5.49. The van der Waals surface area contributed by atoms with Crippen LogP contribution in [0.1, 0.15) is 60.4 Å². The third-order valence-corrected chi connectivity index (χ3v) is 5.63. The number of hydrogen-bond donors (Lipinski definition) is 0. The largest absolute Gasteiger partial charge is 0.470 e. The summed E-state index contributed by atoms with van der Waals surface area (Å²) >= 11 is 0. The molecule has 164 valence electrons. The highest BCUT2D eigenvalue weighted by molar-refractivity contribution is 5.85. The molecular weight excluding hydrogens is 407 g/mol. The molecule has 3 aromatic rings. The van der Waals surface area contributed by atoms with Gasteiger partial charge in [0.1, 0.15) is 6.61 Å². The van der Waals surface area contributed by atoms with Gasteiger partial charge < -0.3 is 4.74 Å². The van der Waals surface area contributed by atoms with Crippen molar-refractivity contribution in [1.82, 2.24) is 14.8 Å². The van der Waals surface area contributed by atoms with Crippen LogP contribution in [-0.2, 0) is 18.0 Å². The van der Waals surface area contributed by atoms with Crippen LogP contribution in [0.5, 0.6) is 5.88 Å². The van der Waals surface area contributed by atoms with Crippen molar-refractivity contribution in [2.75, 3.05) is 6.61 Å². The molecule has 1 saturated carbocycles. The van der Waals surface area contributed by atoms with Gasteiger partial charge in [-0.2, -0.15) is 23.3 Å². The zero-order valence-corrected chi connectivity index (χ0v) is 17.7. The first-order valence-corrected chi connectivity index (χ1v) is 10.3. The average Bonchev–Trinajstić information content (AvgIpc) is 3.50. The van der Waals surface area contributed by atoms with E-state index in [9.17, 15) is 18.0 Å². The molecule has 2 aromatic heterocycles. The maximum absolute atomic E-state index is 13.8. The minimum absolute atomic E-state index is 0.0175. The molecule has 1 atom stereocenters. The minimum atomic E-state index is -4.57. The number of aromatic nitrogens is 3. The number of ketones is 1. The molecule has 0 N–H and O–H groups in total. The number of hydrogen-bond acceptors (Lipinski definition) is 4. The summed E-state index contributed by atoms with van der Waals surface area (Å²) in [7, 11) is 1.57. The molecule has 31 heavy (non-hydrogen) atoms. The lowest BCUT2D eigenvalue weighted by Crippen LogP contribution is -2.15. The van der Waals surface area contributed by atoms with Crippen molar-refractivity contribution in [1.29, 1.82) is 0 Å². The number of carbonyl (C=O) groups excluding carboxylic acids is 1. The van der Waals surface area contributed by atoms with Gasteiger partial charge >= 0.3 is 6.18 Å². The maximum atomic E-state index is 13.8. The van der Waals surface area contributed by atoms with E-state index in [-0.39, 0.29) is 47.6 Å². The zero-order chi connectivity index (χ0) is 22.3. The van der Waals surface area contributed by atoms with E-state index in [4.69, 9.17) is 4.74 Å². The van der Waals surface area contributed by atoms with Gasteiger partial charge in [-0.05, 0) is 31.2 Å². The van der Waals surface area contributed by atoms with Crippen LogP contribution in [-0.4, -0.2) is 27.2 Å². The first kappa shape index (κ1) is 21.3. The van der Waals surface area contributed by atoms with Gasteiger partial charge in [0.25, 0.3) is 0 Å². The summed E-state index contributed by atoms with van der Waals surface area (Å²) in [5, 5.41) is 4.30. The number of carbonyl (C=O) groups is 1. The summed E-state index contributed by atoms with van der Waals surface area (Å²) in [6, 6.07) is 8.79. The normalized spacial score (nSPS) is 15.3. The van der Waals surface area contributed by atoms with E-state index < -0.39 is 11.7 Å². The molecule has 0 spiro atoms. The highest BCUT2D eigenvalue weighted by atomic mass is 19.4. The quantitative estimate of drug-likeness (QED) is 0.508. The SMILES string of the molecule is Cc1ccc([C@H](C)CC(=O)COc2cc(C(F)(F)F)c3c(C4CC4)nn(C)c3n2)cc1. The van der Waals surface area contributed by atoms with Gasteiger partial charge in [-0.3, -0.25) is 9.48 Å². The van der Waals surface area contributed by atoms with Crippen molar-refractivity contribution in [2.24, 2.45) is 7.05 Å². The number of nitrogens with zero attached hydrogens (tertiary/aromatic N) is 3. The number of rotatable bonds is 7. The zero-order valence-electron chi connectivity index (χ0n) is 17.7. The Balaban J connectivity index is 1.52. The summed E-state index contributed by atoms with van der Waals surface area (Å²) in [6.45, 7) is 3.59. The van der Waals surface area contributed by atoms with Gasteiger partial charge in [-0.1, -0.05) is 36.8 Å². The highest BCUT2D eigenvalue weighted by Crippen LogP contribution is 2.46. The second-order valence-corrected chi connectivity index (χ2v) is 8.33. The fraction of sp³-hybridized carbons (Fsp3) is 0.435. The van der Waals surface area contributed by atoms with Gasteiger partial charge in [0.05, 0.1) is 16.6 Å². The second kappa shape index (κ2) is 7.98. The van der Waals surface area contributed by atoms with Crippen LogP contribution in [0.4, 0.5) is 13.2 Å². The number of ether oxygens (including phenoxy) is 1. The molecule has 0 unspecified atom stereocenters. The van der Waals surface area contributed by atoms with Crippen LogP contribution in [0, 0.1) is 6.92 Å². The Morgan fingerprint density at radius 1 is 1.26 bits per heavy atom. The molecule has 5 nitrogen and oxygen atoms in total. The molecule has 0 amide bonds. The van der Waals surface area contributed by atoms with Crippen LogP contribution in [0.3, 0.4) is 0 Å². The second-order valence-electron chi connectivity index (χ2n) is 8.33. The van der Waals surface area contributed by atoms with Crippen LogP contribution in [0.2, 0.25) is 0 Å². The Morgan fingerprint density at radius 2 is 1.94 bits per heavy atom. The number of alkyl halides is 3. The molecule has 0 bridgehead atoms. The van der Waals surface area contributed by atoms with Crippen molar-refractivity contribution in [2.45, 2.75) is 51.1 Å². The van der Waals surface area contributed by atoms with Crippen molar-refractivity contribution < 1.29 is 22.7 Å². The smallest absolute Gasteiger partial charge is 0.417 e. The van der Waals surface area contributed by atoms with E-state index in [2.05, 4.69) is 10.1 Å². The maximum Gasteiger partial charge on any atom is 0.417 e. The number of Topliss-reactive ketones (excluding diaryl/α,β-unsaturated/α-hetero) is 1. The van der Waals surface area contributed by atoms with Crippen LogP contribution < -0.4 is 4.74 Å². The summed E-state index contributed by atoms with van der Waals surface area (Å²) in [6.07, 6.45) is -2.68. The van der Waals surface area contributed by atoms with E-state index in [0.717, 1.165) is 30.0 Å². The monoisotopic (exact) mass is 431 g/mol. The summed E-state index contributed by atoms with van der Waals surface area (Å²) in [5.74, 6) is -0.395. The fourth-order valence-corrected chi connectivity index (χ4v) is 3.76. The van der Waals surface area contributed by atoms with Crippen molar-refractivity contribution >= 4 is 16.8 Å². The third kappa shape index (κ3) is 4.57. The number of fused-ring (bicyclic) bond motifs is 1. The summed E-state index contributed by atoms with van der Waals surface area (Å²) in [4.78, 5) is 16.6. The van der Waals surface area contributed by atoms with Gasteiger partial charge in [0, 0.05) is 25.5 Å². The van der Waals surface area contributed by atoms with Gasteiger partial charge in [-0.15, -0.1) is 0 Å². The van der Waals surface area contributed by atoms with E-state index in [1.54, 1.807) is 7.05 Å². The fourth-order valence-electron chi connectivity index (χ4n) is 3.76. The van der Waals surface area contributed by atoms with Crippen LogP contribution in [0.25, 0.3) is 11.0 Å². The molecule has 0 aliphatic heterocycles. The van der Waals surface area contributed by atoms with E-state index in [1.807, 2.05) is 38.1 Å². The highest BCUT2D eigenvalue weighted by Gasteiger charge is 2.39. The number of aryl methyl sites for hydroxylation is 2. The average molecular weight is 431 g/mol. The minimum Gasteiger partial charge on any atom is -0.470 e. The summed E-state index contributed by atoms with van der Waals surface area (Å²) < 4.78 is 48.1. The predicted octanol–water partition coefficient (Wildman–Crippen LogP) is 5.31. The third-order valence-electron chi connectivity index (χ3n) is 5.63. The van der Waals surface area contributed by atoms with Crippen molar-refractivity contribution in [3.63, 3.8) is 0 Å². The number of benzene rings is 1. The molecule has 2 heterocycles. The lowest BCUT2D eigenvalue weighted by molar-refractivity contribution is -0.136. The lowest BCUT2D eigenvalue weighted by Gasteiger charge is -2.13. The topological polar surface area (TPSA) is 57.0 Å². The Morgan fingerprint density at radius 3 is 2.55 bits per heavy atom. The summed E-state index contributed by atoms with van der Waals surface area (Å²) in [5.41, 5.74) is 1.90. The molecule has 1 aliphatic carbocycles. The molecule has 8 heteroatoms. The molecule has 4 rings (SSSR count). The molecule has 1 aliphatic rings. The predicted molar refractivity (Wildman–Crippen MR) is 110 cm³/mol. The molecular formula is C23H24F3N3O2. The first-order valence-electron chi connectivity index (χ1n) is 10.3. The van der Waals surface area contributed by atoms with Gasteiger partial charge in [0.2, 0.25) is 5.88 Å². The molecule has 0 radical (unpaired) electrons. The Hall–Kier alpha value is -2.90. The van der Waals surface area contributed by atoms with Crippen molar-refractivity contribution in [3.05, 3.63) is 52.7 Å². The van der Waals surface area contributed by atoms with E-state index in [0.29, 0.717) is 5.69 Å². The molecule has 1 fully saturated rings. The van der Waals surface area contributed by atoms with Crippen LogP contribution in [0.15, 0.2) is 30.3 Å². The van der Waals surface area contributed by atoms with E-state index >= 15 is 0 Å². The Labute approximate surface area is 178 Å². The van der Waals surface area contributed by atoms with Crippen LogP contribution >= 0.6 is 0 Å². The lowest BCUT2D eigenvalue weighted by atomic mass is 9.95. The molecule has 0 saturated heterocycles.